The van der Waals surface area contributed by atoms with Crippen molar-refractivity contribution in [3.05, 3.63) is 76.6 Å². The number of aromatic nitrogens is 4. The van der Waals surface area contributed by atoms with Crippen molar-refractivity contribution in [3.8, 4) is 11.3 Å². The molecule has 7 heteroatoms. The maximum absolute atomic E-state index is 6.02. The molecule has 33 heavy (non-hydrogen) atoms. The van der Waals surface area contributed by atoms with Crippen LogP contribution in [-0.2, 0) is 13.1 Å². The lowest BCUT2D eigenvalue weighted by atomic mass is 10.1. The molecule has 0 unspecified atom stereocenters. The van der Waals surface area contributed by atoms with Crippen molar-refractivity contribution < 1.29 is 0 Å². The summed E-state index contributed by atoms with van der Waals surface area (Å²) in [6.45, 7) is 7.63. The minimum atomic E-state index is 0.456. The topological polar surface area (TPSA) is 86.6 Å². The minimum Gasteiger partial charge on any atom is -0.384 e. The van der Waals surface area contributed by atoms with Crippen molar-refractivity contribution in [3.63, 3.8) is 0 Å². The molecule has 0 aliphatic rings. The van der Waals surface area contributed by atoms with E-state index in [0.717, 1.165) is 51.6 Å². The Morgan fingerprint density at radius 3 is 2.36 bits per heavy atom. The number of halogens is 1. The van der Waals surface area contributed by atoms with Crippen molar-refractivity contribution >= 4 is 39.5 Å². The summed E-state index contributed by atoms with van der Waals surface area (Å²) in [7, 11) is 2.12. The van der Waals surface area contributed by atoms with E-state index >= 15 is 0 Å². The number of H-pyrrole nitrogens is 2. The van der Waals surface area contributed by atoms with Gasteiger partial charge in [-0.2, -0.15) is 0 Å². The fourth-order valence-electron chi connectivity index (χ4n) is 4.03. The number of hydrogen-bond acceptors (Lipinski definition) is 4. The van der Waals surface area contributed by atoms with Gasteiger partial charge in [0.1, 0.15) is 11.6 Å². The molecule has 5 rings (SSSR count). The third kappa shape index (κ3) is 5.02. The van der Waals surface area contributed by atoms with Gasteiger partial charge >= 0.3 is 0 Å². The number of anilines is 1. The average Bonchev–Trinajstić information content (AvgIpc) is 3.38. The highest BCUT2D eigenvalue weighted by Gasteiger charge is 2.13. The first-order valence-electron chi connectivity index (χ1n) is 11.1. The normalized spacial score (nSPS) is 11.2. The van der Waals surface area contributed by atoms with Crippen LogP contribution < -0.4 is 5.73 Å². The summed E-state index contributed by atoms with van der Waals surface area (Å²) >= 11 is 5.99. The molecule has 4 N–H and O–H groups in total. The molecule has 0 bridgehead atoms. The molecule has 5 aromatic rings. The van der Waals surface area contributed by atoms with Crippen LogP contribution in [0.1, 0.15) is 30.8 Å². The number of rotatable bonds is 5. The Labute approximate surface area is 198 Å². The highest BCUT2D eigenvalue weighted by Crippen LogP contribution is 2.30. The van der Waals surface area contributed by atoms with Gasteiger partial charge in [-0.25, -0.2) is 9.97 Å². The van der Waals surface area contributed by atoms with Crippen LogP contribution in [0.4, 0.5) is 5.82 Å². The molecule has 0 aliphatic heterocycles. The number of nitrogens with one attached hydrogen (secondary N) is 2. The zero-order valence-corrected chi connectivity index (χ0v) is 20.2. The van der Waals surface area contributed by atoms with Crippen molar-refractivity contribution in [2.45, 2.75) is 33.9 Å². The molecule has 0 amide bonds. The van der Waals surface area contributed by atoms with E-state index in [1.165, 1.54) is 11.1 Å². The number of pyridine rings is 1. The summed E-state index contributed by atoms with van der Waals surface area (Å²) in [6.07, 6.45) is 0. The molecular formula is C26H29ClN6. The summed E-state index contributed by atoms with van der Waals surface area (Å²) in [5, 5.41) is 1.92. The third-order valence-electron chi connectivity index (χ3n) is 5.39. The first-order valence-corrected chi connectivity index (χ1v) is 11.5. The Hall–Kier alpha value is -3.35. The van der Waals surface area contributed by atoms with Crippen LogP contribution in [0.2, 0.25) is 5.02 Å². The number of nitrogen functional groups attached to an aromatic ring is 1. The molecular weight excluding hydrogens is 432 g/mol. The van der Waals surface area contributed by atoms with Crippen LogP contribution in [0, 0.1) is 6.92 Å². The predicted molar refractivity (Wildman–Crippen MR) is 138 cm³/mol. The molecule has 3 aromatic heterocycles. The lowest BCUT2D eigenvalue weighted by Crippen LogP contribution is -2.17. The van der Waals surface area contributed by atoms with Crippen molar-refractivity contribution in [2.75, 3.05) is 12.8 Å². The van der Waals surface area contributed by atoms with E-state index in [0.29, 0.717) is 11.5 Å². The average molecular weight is 461 g/mol. The molecule has 0 radical (unpaired) electrons. The van der Waals surface area contributed by atoms with Gasteiger partial charge in [0.2, 0.25) is 0 Å². The summed E-state index contributed by atoms with van der Waals surface area (Å²) < 4.78 is 0. The molecule has 6 nitrogen and oxygen atoms in total. The lowest BCUT2D eigenvalue weighted by molar-refractivity contribution is 0.319. The van der Waals surface area contributed by atoms with Crippen LogP contribution in [-0.4, -0.2) is 31.9 Å². The van der Waals surface area contributed by atoms with Gasteiger partial charge in [-0.15, -0.1) is 0 Å². The van der Waals surface area contributed by atoms with E-state index in [1.807, 2.05) is 39.0 Å². The number of fused-ring (bicyclic) bond motifs is 2. The summed E-state index contributed by atoms with van der Waals surface area (Å²) in [5.41, 5.74) is 13.1. The minimum absolute atomic E-state index is 0.456. The number of nitrogens with zero attached hydrogens (tertiary/aromatic N) is 3. The van der Waals surface area contributed by atoms with E-state index < -0.39 is 0 Å². The zero-order valence-electron chi connectivity index (χ0n) is 19.4. The predicted octanol–water partition coefficient (Wildman–Crippen LogP) is 6.31. The second-order valence-electron chi connectivity index (χ2n) is 8.02. The number of aryl methyl sites for hydroxylation is 1. The smallest absolute Gasteiger partial charge is 0.180 e. The zero-order chi connectivity index (χ0) is 23.5. The number of aromatic amines is 2. The molecule has 0 aliphatic carbocycles. The van der Waals surface area contributed by atoms with Crippen LogP contribution in [0.3, 0.4) is 0 Å². The van der Waals surface area contributed by atoms with E-state index in [9.17, 15) is 0 Å². The number of imidazole rings is 1. The van der Waals surface area contributed by atoms with Crippen LogP contribution in [0.15, 0.2) is 54.6 Å². The Bertz CT molecular complexity index is 1380. The van der Waals surface area contributed by atoms with Crippen molar-refractivity contribution in [2.24, 2.45) is 0 Å². The van der Waals surface area contributed by atoms with Crippen LogP contribution >= 0.6 is 11.6 Å². The molecule has 0 saturated heterocycles. The molecule has 0 saturated carbocycles. The summed E-state index contributed by atoms with van der Waals surface area (Å²) in [6, 6.07) is 18.6. The summed E-state index contributed by atoms with van der Waals surface area (Å²) in [4.78, 5) is 17.9. The van der Waals surface area contributed by atoms with E-state index in [2.05, 4.69) is 68.3 Å². The van der Waals surface area contributed by atoms with Gasteiger partial charge in [-0.1, -0.05) is 43.6 Å². The maximum atomic E-state index is 6.02. The Morgan fingerprint density at radius 1 is 0.909 bits per heavy atom. The van der Waals surface area contributed by atoms with Gasteiger partial charge in [0, 0.05) is 40.3 Å². The third-order valence-corrected chi connectivity index (χ3v) is 5.65. The first-order chi connectivity index (χ1) is 15.9. The standard InChI is InChI=1S/C24H23ClN6.C2H6/c1-14-27-23-19(11-22(26)30-24(23)28-14)21-10-17-9-16(5-8-20(17)29-21)13-31(2)12-15-3-6-18(25)7-4-15;1-2/h3-11,29H,12-13H2,1-2H3,(H3,26,27,28,30);1-2H3. The maximum Gasteiger partial charge on any atom is 0.180 e. The number of hydrogen-bond donors (Lipinski definition) is 3. The Balaban J connectivity index is 0.00000126. The van der Waals surface area contributed by atoms with Gasteiger partial charge < -0.3 is 15.7 Å². The fraction of sp³-hybridized carbons (Fsp3) is 0.231. The molecule has 3 heterocycles. The van der Waals surface area contributed by atoms with Gasteiger partial charge in [0.15, 0.2) is 5.65 Å². The molecule has 0 spiro atoms. The van der Waals surface area contributed by atoms with Gasteiger partial charge in [-0.05, 0) is 61.5 Å². The lowest BCUT2D eigenvalue weighted by Gasteiger charge is -2.17. The molecule has 0 atom stereocenters. The highest BCUT2D eigenvalue weighted by molar-refractivity contribution is 6.30. The SMILES string of the molecule is CC.Cc1nc2nc(N)cc(-c3cc4cc(CN(C)Cc5ccc(Cl)cc5)ccc4[nH]3)c2[nH]1. The van der Waals surface area contributed by atoms with Gasteiger partial charge in [0.05, 0.1) is 5.52 Å². The molecule has 0 fully saturated rings. The Kier molecular flexibility index (Phi) is 6.67. The monoisotopic (exact) mass is 460 g/mol. The quantitative estimate of drug-likeness (QED) is 0.287. The first kappa shape index (κ1) is 22.8. The fourth-order valence-corrected chi connectivity index (χ4v) is 4.16. The van der Waals surface area contributed by atoms with Crippen molar-refractivity contribution in [1.29, 1.82) is 0 Å². The second kappa shape index (κ2) is 9.65. The number of nitrogens with two attached hydrogens (primary N) is 1. The van der Waals surface area contributed by atoms with Crippen LogP contribution in [0.5, 0.6) is 0 Å². The number of benzene rings is 2. The van der Waals surface area contributed by atoms with Gasteiger partial charge in [-0.3, -0.25) is 4.90 Å². The van der Waals surface area contributed by atoms with E-state index in [-0.39, 0.29) is 0 Å². The molecule has 2 aromatic carbocycles. The Morgan fingerprint density at radius 2 is 1.61 bits per heavy atom. The van der Waals surface area contributed by atoms with Gasteiger partial charge in [0.25, 0.3) is 0 Å². The second-order valence-corrected chi connectivity index (χ2v) is 8.46. The largest absolute Gasteiger partial charge is 0.384 e. The van der Waals surface area contributed by atoms with E-state index in [4.69, 9.17) is 17.3 Å². The van der Waals surface area contributed by atoms with Crippen molar-refractivity contribution in [1.82, 2.24) is 24.8 Å². The van der Waals surface area contributed by atoms with Crippen LogP contribution in [0.25, 0.3) is 33.3 Å². The molecule has 170 valence electrons. The highest BCUT2D eigenvalue weighted by atomic mass is 35.5. The van der Waals surface area contributed by atoms with E-state index in [1.54, 1.807) is 0 Å². The summed E-state index contributed by atoms with van der Waals surface area (Å²) in [5.74, 6) is 1.27.